The maximum atomic E-state index is 13.1. The van der Waals surface area contributed by atoms with Gasteiger partial charge in [0.25, 0.3) is 0 Å². The van der Waals surface area contributed by atoms with Gasteiger partial charge < -0.3 is 5.32 Å². The predicted octanol–water partition coefficient (Wildman–Crippen LogP) is 4.12. The van der Waals surface area contributed by atoms with Crippen molar-refractivity contribution in [2.45, 2.75) is 64.0 Å². The fraction of sp³-hybridized carbons (Fsp3) is 0.696. The average Bonchev–Trinajstić information content (AvgIpc) is 3.45. The minimum atomic E-state index is -0.204. The highest BCUT2D eigenvalue weighted by molar-refractivity contribution is 5.78. The van der Waals surface area contributed by atoms with Crippen LogP contribution in [0.15, 0.2) is 24.3 Å². The molecule has 4 bridgehead atoms. The first-order chi connectivity index (χ1) is 13.1. The number of benzene rings is 1. The van der Waals surface area contributed by atoms with Crippen LogP contribution in [-0.2, 0) is 11.3 Å². The lowest BCUT2D eigenvalue weighted by Gasteiger charge is -2.56. The molecule has 27 heavy (non-hydrogen) atoms. The monoisotopic (exact) mass is 370 g/mol. The Bertz CT molecular complexity index is 662. The molecule has 0 heterocycles. The lowest BCUT2D eigenvalue weighted by molar-refractivity contribution is -0.124. The Kier molecular flexibility index (Phi) is 4.50. The molecule has 5 fully saturated rings. The molecule has 1 N–H and O–H groups in total. The Morgan fingerprint density at radius 2 is 1.63 bits per heavy atom. The molecule has 0 atom stereocenters. The van der Waals surface area contributed by atoms with Crippen molar-refractivity contribution in [1.29, 1.82) is 0 Å². The van der Waals surface area contributed by atoms with Crippen LogP contribution in [0.25, 0.3) is 0 Å². The third-order valence-corrected chi connectivity index (χ3v) is 7.53. The van der Waals surface area contributed by atoms with Gasteiger partial charge in [-0.1, -0.05) is 12.1 Å². The molecule has 0 aliphatic heterocycles. The topological polar surface area (TPSA) is 32.3 Å². The molecule has 5 aliphatic carbocycles. The molecule has 5 saturated carbocycles. The Labute approximate surface area is 161 Å². The molecule has 3 nitrogen and oxygen atoms in total. The lowest BCUT2D eigenvalue weighted by atomic mass is 9.49. The fourth-order valence-corrected chi connectivity index (χ4v) is 6.61. The molecular formula is C23H31FN2O. The summed E-state index contributed by atoms with van der Waals surface area (Å²) in [4.78, 5) is 15.0. The zero-order valence-corrected chi connectivity index (χ0v) is 16.1. The average molecular weight is 371 g/mol. The van der Waals surface area contributed by atoms with Gasteiger partial charge in [-0.15, -0.1) is 0 Å². The quantitative estimate of drug-likeness (QED) is 0.783. The molecule has 1 aromatic rings. The van der Waals surface area contributed by atoms with Crippen molar-refractivity contribution in [3.63, 3.8) is 0 Å². The Hall–Kier alpha value is -1.42. The van der Waals surface area contributed by atoms with Crippen molar-refractivity contribution in [2.24, 2.45) is 23.2 Å². The van der Waals surface area contributed by atoms with E-state index in [1.54, 1.807) is 0 Å². The fourth-order valence-electron chi connectivity index (χ4n) is 6.61. The third-order valence-electron chi connectivity index (χ3n) is 7.53. The van der Waals surface area contributed by atoms with E-state index < -0.39 is 0 Å². The Morgan fingerprint density at radius 3 is 2.19 bits per heavy atom. The number of carbonyl (C=O) groups is 1. The Morgan fingerprint density at radius 1 is 1.04 bits per heavy atom. The number of amides is 1. The van der Waals surface area contributed by atoms with E-state index in [9.17, 15) is 9.18 Å². The van der Waals surface area contributed by atoms with Gasteiger partial charge in [0.2, 0.25) is 5.91 Å². The summed E-state index contributed by atoms with van der Waals surface area (Å²) < 4.78 is 13.1. The van der Waals surface area contributed by atoms with Crippen LogP contribution in [0.1, 0.15) is 56.9 Å². The van der Waals surface area contributed by atoms with Gasteiger partial charge in [-0.25, -0.2) is 4.39 Å². The third kappa shape index (κ3) is 3.91. The molecule has 0 unspecified atom stereocenters. The predicted molar refractivity (Wildman–Crippen MR) is 103 cm³/mol. The first-order valence-corrected chi connectivity index (χ1v) is 10.8. The molecule has 5 aliphatic rings. The van der Waals surface area contributed by atoms with Crippen LogP contribution in [0, 0.1) is 29.0 Å². The van der Waals surface area contributed by atoms with Gasteiger partial charge in [0, 0.05) is 19.1 Å². The molecule has 4 heteroatoms. The van der Waals surface area contributed by atoms with Gasteiger partial charge in [0.05, 0.1) is 6.54 Å². The minimum absolute atomic E-state index is 0.166. The highest BCUT2D eigenvalue weighted by Crippen LogP contribution is 2.59. The maximum Gasteiger partial charge on any atom is 0.234 e. The van der Waals surface area contributed by atoms with E-state index in [0.717, 1.165) is 36.4 Å². The van der Waals surface area contributed by atoms with Crippen molar-refractivity contribution in [1.82, 2.24) is 10.2 Å². The van der Waals surface area contributed by atoms with Gasteiger partial charge in [0.1, 0.15) is 5.82 Å². The van der Waals surface area contributed by atoms with Crippen LogP contribution in [0.3, 0.4) is 0 Å². The summed E-state index contributed by atoms with van der Waals surface area (Å²) in [6.07, 6.45) is 10.7. The van der Waals surface area contributed by atoms with Crippen LogP contribution in [0.4, 0.5) is 4.39 Å². The van der Waals surface area contributed by atoms with Crippen LogP contribution < -0.4 is 5.32 Å². The normalized spacial score (nSPS) is 34.2. The lowest BCUT2D eigenvalue weighted by Crippen LogP contribution is -2.52. The van der Waals surface area contributed by atoms with E-state index in [1.807, 2.05) is 12.1 Å². The summed E-state index contributed by atoms with van der Waals surface area (Å²) >= 11 is 0. The number of halogens is 1. The first kappa shape index (κ1) is 17.7. The van der Waals surface area contributed by atoms with Crippen molar-refractivity contribution in [2.75, 3.05) is 13.1 Å². The summed E-state index contributed by atoms with van der Waals surface area (Å²) in [6.45, 7) is 2.08. The van der Waals surface area contributed by atoms with E-state index >= 15 is 0 Å². The summed E-state index contributed by atoms with van der Waals surface area (Å²) in [6, 6.07) is 7.19. The van der Waals surface area contributed by atoms with Gasteiger partial charge in [0.15, 0.2) is 0 Å². The second-order valence-corrected chi connectivity index (χ2v) is 9.96. The van der Waals surface area contributed by atoms with Gasteiger partial charge in [-0.2, -0.15) is 0 Å². The summed E-state index contributed by atoms with van der Waals surface area (Å²) in [5.74, 6) is 2.74. The van der Waals surface area contributed by atoms with Crippen LogP contribution in [-0.4, -0.2) is 29.9 Å². The van der Waals surface area contributed by atoms with Gasteiger partial charge in [-0.3, -0.25) is 9.69 Å². The second-order valence-electron chi connectivity index (χ2n) is 9.96. The molecule has 1 aromatic carbocycles. The van der Waals surface area contributed by atoms with Crippen molar-refractivity contribution in [3.05, 3.63) is 35.6 Å². The Balaban J connectivity index is 1.16. The summed E-state index contributed by atoms with van der Waals surface area (Å²) in [5.41, 5.74) is 1.48. The smallest absolute Gasteiger partial charge is 0.234 e. The number of nitrogens with one attached hydrogen (secondary N) is 1. The second kappa shape index (κ2) is 6.88. The highest BCUT2D eigenvalue weighted by atomic mass is 19.1. The minimum Gasteiger partial charge on any atom is -0.354 e. The largest absolute Gasteiger partial charge is 0.354 e. The molecule has 146 valence electrons. The van der Waals surface area contributed by atoms with Crippen LogP contribution >= 0.6 is 0 Å². The molecule has 1 amide bonds. The van der Waals surface area contributed by atoms with Gasteiger partial charge in [-0.05, 0) is 92.2 Å². The van der Waals surface area contributed by atoms with E-state index in [2.05, 4.69) is 10.2 Å². The van der Waals surface area contributed by atoms with Crippen molar-refractivity contribution < 1.29 is 9.18 Å². The maximum absolute atomic E-state index is 13.1. The number of carbonyl (C=O) groups excluding carboxylic acids is 1. The van der Waals surface area contributed by atoms with Gasteiger partial charge >= 0.3 is 0 Å². The summed E-state index contributed by atoms with van der Waals surface area (Å²) in [5, 5.41) is 3.31. The summed E-state index contributed by atoms with van der Waals surface area (Å²) in [7, 11) is 0. The number of hydrogen-bond donors (Lipinski definition) is 1. The molecule has 6 rings (SSSR count). The number of nitrogens with zero attached hydrogens (tertiary/aromatic N) is 1. The molecular weight excluding hydrogens is 339 g/mol. The number of rotatable bonds is 7. The van der Waals surface area contributed by atoms with Crippen LogP contribution in [0.2, 0.25) is 0 Å². The zero-order valence-electron chi connectivity index (χ0n) is 16.1. The highest BCUT2D eigenvalue weighted by Gasteiger charge is 2.50. The van der Waals surface area contributed by atoms with E-state index in [-0.39, 0.29) is 11.7 Å². The first-order valence-electron chi connectivity index (χ1n) is 10.8. The molecule has 0 aromatic heterocycles. The van der Waals surface area contributed by atoms with Crippen molar-refractivity contribution >= 4 is 5.91 Å². The SMILES string of the molecule is O=C(CN(Cc1ccc(F)cc1)C1CC1)NCC12CC3CC(CC(C3)C1)C2. The van der Waals surface area contributed by atoms with E-state index in [1.165, 1.54) is 63.5 Å². The van der Waals surface area contributed by atoms with Crippen LogP contribution in [0.5, 0.6) is 0 Å². The van der Waals surface area contributed by atoms with E-state index in [4.69, 9.17) is 0 Å². The zero-order chi connectivity index (χ0) is 18.4. The van der Waals surface area contributed by atoms with Crippen molar-refractivity contribution in [3.8, 4) is 0 Å². The van der Waals surface area contributed by atoms with E-state index in [0.29, 0.717) is 18.0 Å². The number of hydrogen-bond acceptors (Lipinski definition) is 2. The molecule has 0 spiro atoms. The standard InChI is InChI=1S/C23H31FN2O/c24-20-3-1-16(2-4-20)13-26(21-5-6-21)14-22(27)25-15-23-10-17-7-18(11-23)9-19(8-17)12-23/h1-4,17-19,21H,5-15H2,(H,25,27). The molecule has 0 radical (unpaired) electrons. The molecule has 0 saturated heterocycles.